The molecule has 0 aromatic carbocycles. The number of halogens is 3. The van der Waals surface area contributed by atoms with Gasteiger partial charge in [-0.2, -0.15) is 13.2 Å². The summed E-state index contributed by atoms with van der Waals surface area (Å²) in [5, 5.41) is 1.70. The van der Waals surface area contributed by atoms with Crippen LogP contribution in [-0.2, 0) is 14.3 Å². The van der Waals surface area contributed by atoms with Gasteiger partial charge < -0.3 is 10.1 Å². The third-order valence-corrected chi connectivity index (χ3v) is 2.57. The highest BCUT2D eigenvalue weighted by Gasteiger charge is 2.41. The molecule has 118 valence electrons. The second kappa shape index (κ2) is 8.11. The maximum atomic E-state index is 12.2. The molecule has 2 atom stereocenters. The van der Waals surface area contributed by atoms with Crippen molar-refractivity contribution in [1.82, 2.24) is 5.32 Å². The van der Waals surface area contributed by atoms with E-state index in [1.165, 1.54) is 0 Å². The number of carbonyl (C=O) groups is 2. The van der Waals surface area contributed by atoms with E-state index in [9.17, 15) is 22.8 Å². The molecule has 0 aliphatic rings. The van der Waals surface area contributed by atoms with Crippen LogP contribution in [0.5, 0.6) is 0 Å². The molecule has 0 heterocycles. The molecule has 2 unspecified atom stereocenters. The van der Waals surface area contributed by atoms with E-state index in [0.29, 0.717) is 6.42 Å². The minimum absolute atomic E-state index is 0.0532. The molecular formula is C13H22F3NO3. The molecule has 1 N–H and O–H groups in total. The zero-order valence-electron chi connectivity index (χ0n) is 12.2. The Kier molecular flexibility index (Phi) is 7.60. The molecule has 0 fully saturated rings. The standard InChI is InChI=1S/C13H22F3NO3/c1-5-6-9(4)20-11(18)10(7-8(2)3)17-12(19)13(14,15)16/h8-10H,5-7H2,1-4H3,(H,17,19). The summed E-state index contributed by atoms with van der Waals surface area (Å²) in [6, 6.07) is -1.27. The van der Waals surface area contributed by atoms with Crippen molar-refractivity contribution >= 4 is 11.9 Å². The van der Waals surface area contributed by atoms with E-state index in [0.717, 1.165) is 6.42 Å². The zero-order valence-corrected chi connectivity index (χ0v) is 12.2. The van der Waals surface area contributed by atoms with E-state index in [4.69, 9.17) is 4.74 Å². The normalized spacial score (nSPS) is 14.8. The summed E-state index contributed by atoms with van der Waals surface area (Å²) in [5.41, 5.74) is 0. The van der Waals surface area contributed by atoms with E-state index in [1.54, 1.807) is 26.1 Å². The minimum atomic E-state index is -5.01. The fraction of sp³-hybridized carbons (Fsp3) is 0.846. The highest BCUT2D eigenvalue weighted by molar-refractivity contribution is 5.87. The number of nitrogens with one attached hydrogen (secondary N) is 1. The lowest BCUT2D eigenvalue weighted by Crippen LogP contribution is -2.48. The number of carbonyl (C=O) groups excluding carboxylic acids is 2. The molecule has 20 heavy (non-hydrogen) atoms. The van der Waals surface area contributed by atoms with Gasteiger partial charge in [-0.3, -0.25) is 4.79 Å². The van der Waals surface area contributed by atoms with Crippen LogP contribution in [0.4, 0.5) is 13.2 Å². The van der Waals surface area contributed by atoms with Crippen LogP contribution in [0.2, 0.25) is 0 Å². The van der Waals surface area contributed by atoms with Crippen molar-refractivity contribution in [2.24, 2.45) is 5.92 Å². The molecule has 0 bridgehead atoms. The van der Waals surface area contributed by atoms with Gasteiger partial charge in [-0.05, 0) is 25.7 Å². The highest BCUT2D eigenvalue weighted by atomic mass is 19.4. The van der Waals surface area contributed by atoms with Crippen LogP contribution in [0.3, 0.4) is 0 Å². The van der Waals surface area contributed by atoms with Crippen molar-refractivity contribution in [3.05, 3.63) is 0 Å². The first-order chi connectivity index (χ1) is 9.07. The molecule has 0 radical (unpaired) electrons. The van der Waals surface area contributed by atoms with Gasteiger partial charge in [0.25, 0.3) is 0 Å². The van der Waals surface area contributed by atoms with E-state index in [-0.39, 0.29) is 18.4 Å². The number of hydrogen-bond acceptors (Lipinski definition) is 3. The molecule has 0 aromatic heterocycles. The van der Waals surface area contributed by atoms with Crippen LogP contribution >= 0.6 is 0 Å². The molecule has 0 aromatic rings. The smallest absolute Gasteiger partial charge is 0.461 e. The summed E-state index contributed by atoms with van der Waals surface area (Å²) < 4.78 is 41.7. The van der Waals surface area contributed by atoms with Crippen LogP contribution in [-0.4, -0.2) is 30.2 Å². The van der Waals surface area contributed by atoms with Gasteiger partial charge in [0.05, 0.1) is 6.10 Å². The Morgan fingerprint density at radius 1 is 1.20 bits per heavy atom. The third kappa shape index (κ3) is 7.35. The molecule has 0 saturated heterocycles. The number of ether oxygens (including phenoxy) is 1. The van der Waals surface area contributed by atoms with Crippen LogP contribution in [0, 0.1) is 5.92 Å². The SMILES string of the molecule is CCCC(C)OC(=O)C(CC(C)C)NC(=O)C(F)(F)F. The summed E-state index contributed by atoms with van der Waals surface area (Å²) >= 11 is 0. The lowest BCUT2D eigenvalue weighted by Gasteiger charge is -2.22. The average Bonchev–Trinajstić information content (AvgIpc) is 2.26. The number of rotatable bonds is 7. The largest absolute Gasteiger partial charge is 0.471 e. The Morgan fingerprint density at radius 3 is 2.15 bits per heavy atom. The van der Waals surface area contributed by atoms with Crippen LogP contribution in [0.15, 0.2) is 0 Å². The van der Waals surface area contributed by atoms with Gasteiger partial charge in [0, 0.05) is 0 Å². The van der Waals surface area contributed by atoms with Gasteiger partial charge in [0.15, 0.2) is 0 Å². The Bertz CT molecular complexity index is 329. The topological polar surface area (TPSA) is 55.4 Å². The fourth-order valence-electron chi connectivity index (χ4n) is 1.67. The van der Waals surface area contributed by atoms with E-state index >= 15 is 0 Å². The molecule has 0 spiro atoms. The van der Waals surface area contributed by atoms with Crippen LogP contribution in [0.25, 0.3) is 0 Å². The Morgan fingerprint density at radius 2 is 1.75 bits per heavy atom. The molecular weight excluding hydrogens is 275 g/mol. The Labute approximate surface area is 117 Å². The molecule has 0 aliphatic carbocycles. The summed E-state index contributed by atoms with van der Waals surface area (Å²) in [6.07, 6.45) is -3.89. The lowest BCUT2D eigenvalue weighted by atomic mass is 10.0. The number of alkyl halides is 3. The van der Waals surface area contributed by atoms with Crippen molar-refractivity contribution in [3.8, 4) is 0 Å². The third-order valence-electron chi connectivity index (χ3n) is 2.57. The lowest BCUT2D eigenvalue weighted by molar-refractivity contribution is -0.176. The van der Waals surface area contributed by atoms with Crippen molar-refractivity contribution in [2.75, 3.05) is 0 Å². The van der Waals surface area contributed by atoms with Crippen LogP contribution in [0.1, 0.15) is 47.0 Å². The van der Waals surface area contributed by atoms with E-state index in [2.05, 4.69) is 0 Å². The number of esters is 1. The summed E-state index contributed by atoms with van der Waals surface area (Å²) in [5.74, 6) is -3.00. The van der Waals surface area contributed by atoms with E-state index in [1.807, 2.05) is 6.92 Å². The molecule has 0 aliphatic heterocycles. The Hall–Kier alpha value is -1.27. The Balaban J connectivity index is 4.71. The summed E-state index contributed by atoms with van der Waals surface area (Å²) in [6.45, 7) is 7.06. The maximum absolute atomic E-state index is 12.2. The predicted octanol–water partition coefficient (Wildman–Crippen LogP) is 2.81. The molecule has 1 amide bonds. The molecule has 0 rings (SSSR count). The van der Waals surface area contributed by atoms with E-state index < -0.39 is 24.1 Å². The second-order valence-electron chi connectivity index (χ2n) is 5.19. The second-order valence-corrected chi connectivity index (χ2v) is 5.19. The summed E-state index contributed by atoms with van der Waals surface area (Å²) in [7, 11) is 0. The predicted molar refractivity (Wildman–Crippen MR) is 67.9 cm³/mol. The molecule has 4 nitrogen and oxygen atoms in total. The quantitative estimate of drug-likeness (QED) is 0.735. The minimum Gasteiger partial charge on any atom is -0.461 e. The highest BCUT2D eigenvalue weighted by Crippen LogP contribution is 2.16. The average molecular weight is 297 g/mol. The van der Waals surface area contributed by atoms with Crippen molar-refractivity contribution in [2.45, 2.75) is 65.3 Å². The molecule has 7 heteroatoms. The van der Waals surface area contributed by atoms with Gasteiger partial charge in [0.1, 0.15) is 6.04 Å². The first-order valence-electron chi connectivity index (χ1n) is 6.66. The summed E-state index contributed by atoms with van der Waals surface area (Å²) in [4.78, 5) is 22.8. The van der Waals surface area contributed by atoms with Crippen LogP contribution < -0.4 is 5.32 Å². The van der Waals surface area contributed by atoms with Crippen molar-refractivity contribution < 1.29 is 27.5 Å². The first-order valence-corrected chi connectivity index (χ1v) is 6.66. The van der Waals surface area contributed by atoms with Gasteiger partial charge in [0.2, 0.25) is 0 Å². The molecule has 0 saturated carbocycles. The van der Waals surface area contributed by atoms with Gasteiger partial charge in [-0.15, -0.1) is 0 Å². The van der Waals surface area contributed by atoms with Gasteiger partial charge in [-0.25, -0.2) is 4.79 Å². The van der Waals surface area contributed by atoms with Gasteiger partial charge >= 0.3 is 18.1 Å². The van der Waals surface area contributed by atoms with Crippen molar-refractivity contribution in [1.29, 1.82) is 0 Å². The first kappa shape index (κ1) is 18.7. The fourth-order valence-corrected chi connectivity index (χ4v) is 1.67. The monoisotopic (exact) mass is 297 g/mol. The number of hydrogen-bond donors (Lipinski definition) is 1. The number of amides is 1. The maximum Gasteiger partial charge on any atom is 0.471 e. The van der Waals surface area contributed by atoms with Crippen molar-refractivity contribution in [3.63, 3.8) is 0 Å². The zero-order chi connectivity index (χ0) is 15.9. The van der Waals surface area contributed by atoms with Gasteiger partial charge in [-0.1, -0.05) is 27.2 Å².